The third-order valence-electron chi connectivity index (χ3n) is 5.21. The van der Waals surface area contributed by atoms with Crippen molar-refractivity contribution in [3.63, 3.8) is 0 Å². The highest BCUT2D eigenvalue weighted by atomic mass is 16.6. The first-order valence-electron chi connectivity index (χ1n) is 9.53. The SMILES string of the molecule is CNc1cccc(CNc2nc(N)c([N+](=O)[O-])c(CC3CCC(N)CC3)n2)c1. The smallest absolute Gasteiger partial charge is 0.332 e. The maximum atomic E-state index is 11.5. The molecule has 9 nitrogen and oxygen atoms in total. The molecule has 150 valence electrons. The molecule has 0 unspecified atom stereocenters. The summed E-state index contributed by atoms with van der Waals surface area (Å²) in [6, 6.07) is 8.14. The Morgan fingerprint density at radius 2 is 2.00 bits per heavy atom. The predicted octanol–water partition coefficient (Wildman–Crippen LogP) is 2.68. The first kappa shape index (κ1) is 19.8. The molecule has 1 saturated carbocycles. The third kappa shape index (κ3) is 4.86. The van der Waals surface area contributed by atoms with Crippen molar-refractivity contribution < 1.29 is 4.92 Å². The van der Waals surface area contributed by atoms with Crippen LogP contribution in [0.2, 0.25) is 0 Å². The summed E-state index contributed by atoms with van der Waals surface area (Å²) in [4.78, 5) is 19.5. The Morgan fingerprint density at radius 1 is 1.25 bits per heavy atom. The summed E-state index contributed by atoms with van der Waals surface area (Å²) < 4.78 is 0. The Bertz CT molecular complexity index is 835. The van der Waals surface area contributed by atoms with E-state index in [0.717, 1.165) is 36.9 Å². The quantitative estimate of drug-likeness (QED) is 0.420. The van der Waals surface area contributed by atoms with E-state index in [2.05, 4.69) is 20.6 Å². The number of nitro groups is 1. The number of hydrogen-bond donors (Lipinski definition) is 4. The molecule has 1 aromatic heterocycles. The summed E-state index contributed by atoms with van der Waals surface area (Å²) >= 11 is 0. The summed E-state index contributed by atoms with van der Waals surface area (Å²) in [7, 11) is 1.86. The lowest BCUT2D eigenvalue weighted by molar-refractivity contribution is -0.385. The molecule has 0 spiro atoms. The maximum absolute atomic E-state index is 11.5. The third-order valence-corrected chi connectivity index (χ3v) is 5.21. The molecule has 0 saturated heterocycles. The van der Waals surface area contributed by atoms with Crippen molar-refractivity contribution in [1.82, 2.24) is 9.97 Å². The Hall–Kier alpha value is -2.94. The van der Waals surface area contributed by atoms with E-state index >= 15 is 0 Å². The molecule has 1 aliphatic rings. The van der Waals surface area contributed by atoms with Gasteiger partial charge in [-0.15, -0.1) is 0 Å². The van der Waals surface area contributed by atoms with E-state index in [0.29, 0.717) is 30.5 Å². The fourth-order valence-corrected chi connectivity index (χ4v) is 3.62. The predicted molar refractivity (Wildman–Crippen MR) is 110 cm³/mol. The molecule has 6 N–H and O–H groups in total. The van der Waals surface area contributed by atoms with E-state index in [1.165, 1.54) is 0 Å². The Morgan fingerprint density at radius 3 is 2.68 bits per heavy atom. The van der Waals surface area contributed by atoms with Gasteiger partial charge in [-0.05, 0) is 55.7 Å². The van der Waals surface area contributed by atoms with Gasteiger partial charge in [0.1, 0.15) is 5.69 Å². The van der Waals surface area contributed by atoms with Gasteiger partial charge in [0.05, 0.1) is 4.92 Å². The second kappa shape index (κ2) is 8.83. The van der Waals surface area contributed by atoms with Gasteiger partial charge in [0, 0.05) is 25.3 Å². The second-order valence-corrected chi connectivity index (χ2v) is 7.27. The first-order valence-corrected chi connectivity index (χ1v) is 9.53. The summed E-state index contributed by atoms with van der Waals surface area (Å²) in [5.41, 5.74) is 14.1. The van der Waals surface area contributed by atoms with Crippen LogP contribution in [0.1, 0.15) is 36.9 Å². The summed E-state index contributed by atoms with van der Waals surface area (Å²) in [5.74, 6) is 0.530. The number of anilines is 3. The standard InChI is InChI=1S/C19H27N7O2/c1-22-15-4-2-3-13(9-15)11-23-19-24-16(17(26(27)28)18(21)25-19)10-12-5-7-14(20)8-6-12/h2-4,9,12,14,22H,5-8,10-11,20H2,1H3,(H3,21,23,24,25). The van der Waals surface area contributed by atoms with E-state index in [4.69, 9.17) is 11.5 Å². The van der Waals surface area contributed by atoms with Crippen molar-refractivity contribution in [2.24, 2.45) is 11.7 Å². The summed E-state index contributed by atoms with van der Waals surface area (Å²) in [6.45, 7) is 0.491. The summed E-state index contributed by atoms with van der Waals surface area (Å²) in [6.07, 6.45) is 4.28. The number of rotatable bonds is 7. The molecule has 28 heavy (non-hydrogen) atoms. The Labute approximate surface area is 164 Å². The maximum Gasteiger partial charge on any atom is 0.332 e. The number of hydrogen-bond acceptors (Lipinski definition) is 8. The lowest BCUT2D eigenvalue weighted by atomic mass is 9.83. The lowest BCUT2D eigenvalue weighted by Gasteiger charge is -2.25. The van der Waals surface area contributed by atoms with Gasteiger partial charge in [0.25, 0.3) is 0 Å². The molecule has 1 aliphatic carbocycles. The molecule has 1 aromatic carbocycles. The zero-order valence-corrected chi connectivity index (χ0v) is 16.0. The molecule has 9 heteroatoms. The van der Waals surface area contributed by atoms with E-state index in [1.807, 2.05) is 31.3 Å². The molecular weight excluding hydrogens is 358 g/mol. The van der Waals surface area contributed by atoms with Gasteiger partial charge < -0.3 is 22.1 Å². The Kier molecular flexibility index (Phi) is 6.25. The van der Waals surface area contributed by atoms with E-state index < -0.39 is 4.92 Å². The van der Waals surface area contributed by atoms with Crippen LogP contribution in [-0.2, 0) is 13.0 Å². The van der Waals surface area contributed by atoms with Crippen molar-refractivity contribution in [3.05, 3.63) is 45.6 Å². The molecule has 0 radical (unpaired) electrons. The van der Waals surface area contributed by atoms with Crippen LogP contribution in [-0.4, -0.2) is 28.0 Å². The van der Waals surface area contributed by atoms with E-state index in [-0.39, 0.29) is 17.5 Å². The van der Waals surface area contributed by atoms with Gasteiger partial charge >= 0.3 is 5.69 Å². The van der Waals surface area contributed by atoms with Gasteiger partial charge in [0.15, 0.2) is 0 Å². The zero-order valence-electron chi connectivity index (χ0n) is 16.0. The van der Waals surface area contributed by atoms with Crippen LogP contribution in [0.5, 0.6) is 0 Å². The minimum Gasteiger partial charge on any atom is -0.388 e. The monoisotopic (exact) mass is 385 g/mol. The van der Waals surface area contributed by atoms with Crippen molar-refractivity contribution >= 4 is 23.1 Å². The zero-order chi connectivity index (χ0) is 20.1. The second-order valence-electron chi connectivity index (χ2n) is 7.27. The van der Waals surface area contributed by atoms with Crippen LogP contribution < -0.4 is 22.1 Å². The highest BCUT2D eigenvalue weighted by Gasteiger charge is 2.27. The van der Waals surface area contributed by atoms with Crippen molar-refractivity contribution in [2.45, 2.75) is 44.7 Å². The number of nitrogens with two attached hydrogens (primary N) is 2. The van der Waals surface area contributed by atoms with E-state index in [9.17, 15) is 10.1 Å². The van der Waals surface area contributed by atoms with E-state index in [1.54, 1.807) is 0 Å². The number of nitrogens with one attached hydrogen (secondary N) is 2. The fourth-order valence-electron chi connectivity index (χ4n) is 3.62. The minimum absolute atomic E-state index is 0.103. The lowest BCUT2D eigenvalue weighted by Crippen LogP contribution is -2.27. The molecule has 0 amide bonds. The molecule has 3 rings (SSSR count). The topological polar surface area (TPSA) is 145 Å². The summed E-state index contributed by atoms with van der Waals surface area (Å²) in [5, 5.41) is 17.7. The molecular formula is C19H27N7O2. The number of nitrogens with zero attached hydrogens (tertiary/aromatic N) is 3. The van der Waals surface area contributed by atoms with Gasteiger partial charge in [-0.1, -0.05) is 12.1 Å². The average molecular weight is 385 g/mol. The fraction of sp³-hybridized carbons (Fsp3) is 0.474. The molecule has 0 aliphatic heterocycles. The molecule has 0 atom stereocenters. The van der Waals surface area contributed by atoms with Gasteiger partial charge in [0.2, 0.25) is 11.8 Å². The largest absolute Gasteiger partial charge is 0.388 e. The molecule has 2 aromatic rings. The highest BCUT2D eigenvalue weighted by molar-refractivity contribution is 5.58. The molecule has 1 fully saturated rings. The average Bonchev–Trinajstić information content (AvgIpc) is 2.67. The van der Waals surface area contributed by atoms with Crippen molar-refractivity contribution in [2.75, 3.05) is 23.4 Å². The molecule has 1 heterocycles. The Balaban J connectivity index is 1.78. The van der Waals surface area contributed by atoms with Crippen LogP contribution in [0.15, 0.2) is 24.3 Å². The number of aromatic nitrogens is 2. The number of nitrogen functional groups attached to an aromatic ring is 1. The normalized spacial score (nSPS) is 19.2. The van der Waals surface area contributed by atoms with Crippen LogP contribution >= 0.6 is 0 Å². The van der Waals surface area contributed by atoms with Gasteiger partial charge in [-0.25, -0.2) is 4.98 Å². The van der Waals surface area contributed by atoms with Crippen molar-refractivity contribution in [1.29, 1.82) is 0 Å². The highest BCUT2D eigenvalue weighted by Crippen LogP contribution is 2.32. The minimum atomic E-state index is -0.487. The van der Waals surface area contributed by atoms with Crippen LogP contribution in [0, 0.1) is 16.0 Å². The van der Waals surface area contributed by atoms with Crippen LogP contribution in [0.25, 0.3) is 0 Å². The first-order chi connectivity index (χ1) is 13.5. The van der Waals surface area contributed by atoms with Gasteiger partial charge in [-0.3, -0.25) is 10.1 Å². The van der Waals surface area contributed by atoms with Crippen LogP contribution in [0.3, 0.4) is 0 Å². The molecule has 0 bridgehead atoms. The number of benzene rings is 1. The van der Waals surface area contributed by atoms with Crippen LogP contribution in [0.4, 0.5) is 23.1 Å². The van der Waals surface area contributed by atoms with Gasteiger partial charge in [-0.2, -0.15) is 4.98 Å². The van der Waals surface area contributed by atoms with Crippen molar-refractivity contribution in [3.8, 4) is 0 Å².